The van der Waals surface area contributed by atoms with Crippen molar-refractivity contribution in [3.05, 3.63) is 54.1 Å². The lowest BCUT2D eigenvalue weighted by Crippen LogP contribution is -2.13. The second-order valence-electron chi connectivity index (χ2n) is 4.29. The van der Waals surface area contributed by atoms with Crippen LogP contribution in [0.3, 0.4) is 0 Å². The number of halogens is 1. The smallest absolute Gasteiger partial charge is 0.253 e. The van der Waals surface area contributed by atoms with Crippen LogP contribution in [0.25, 0.3) is 5.52 Å². The van der Waals surface area contributed by atoms with Crippen molar-refractivity contribution in [3.8, 4) is 11.5 Å². The molecule has 0 unspecified atom stereocenters. The van der Waals surface area contributed by atoms with Crippen LogP contribution in [0.4, 0.5) is 10.1 Å². The third kappa shape index (κ3) is 2.25. The fourth-order valence-electron chi connectivity index (χ4n) is 1.91. The van der Waals surface area contributed by atoms with Crippen LogP contribution in [0.1, 0.15) is 10.4 Å². The Labute approximate surface area is 118 Å². The van der Waals surface area contributed by atoms with E-state index in [2.05, 4.69) is 11.2 Å². The van der Waals surface area contributed by atoms with Crippen LogP contribution in [-0.2, 0) is 0 Å². The van der Waals surface area contributed by atoms with Gasteiger partial charge in [-0.1, -0.05) is 0 Å². The second-order valence-corrected chi connectivity index (χ2v) is 4.29. The lowest BCUT2D eigenvalue weighted by Gasteiger charge is -2.11. The third-order valence-electron chi connectivity index (χ3n) is 2.88. The zero-order chi connectivity index (χ0) is 15.0. The number of nitrogens with zero attached hydrogens (tertiary/aromatic N) is 2. The first kappa shape index (κ1) is 12.9. The van der Waals surface area contributed by atoms with Crippen molar-refractivity contribution in [3.63, 3.8) is 0 Å². The third-order valence-corrected chi connectivity index (χ3v) is 2.88. The minimum Gasteiger partial charge on any atom is -0.451 e. The summed E-state index contributed by atoms with van der Waals surface area (Å²) in [5.41, 5.74) is 11.5. The van der Waals surface area contributed by atoms with Gasteiger partial charge in [0.15, 0.2) is 17.3 Å². The molecule has 21 heavy (non-hydrogen) atoms. The number of nitrogen functional groups attached to an aromatic ring is 1. The summed E-state index contributed by atoms with van der Waals surface area (Å²) in [4.78, 5) is 11.5. The Kier molecular flexibility index (Phi) is 2.94. The van der Waals surface area contributed by atoms with Gasteiger partial charge in [0, 0.05) is 24.0 Å². The van der Waals surface area contributed by atoms with Gasteiger partial charge >= 0.3 is 0 Å². The Bertz CT molecular complexity index is 844. The summed E-state index contributed by atoms with van der Waals surface area (Å²) < 4.78 is 20.8. The van der Waals surface area contributed by atoms with Crippen LogP contribution < -0.4 is 16.2 Å². The summed E-state index contributed by atoms with van der Waals surface area (Å²) in [5.74, 6) is -1.36. The van der Waals surface area contributed by atoms with Crippen LogP contribution in [-0.4, -0.2) is 15.5 Å². The fraction of sp³-hybridized carbons (Fsp3) is 0. The first-order valence-corrected chi connectivity index (χ1v) is 5.97. The first-order chi connectivity index (χ1) is 10.1. The summed E-state index contributed by atoms with van der Waals surface area (Å²) in [5, 5.41) is 4.00. The molecule has 0 fully saturated rings. The molecule has 2 heterocycles. The number of ether oxygens (including phenoxy) is 1. The molecule has 0 bridgehead atoms. The molecule has 3 aromatic rings. The molecule has 0 aliphatic heterocycles. The van der Waals surface area contributed by atoms with Crippen molar-refractivity contribution < 1.29 is 13.9 Å². The average molecular weight is 285 g/mol. The summed E-state index contributed by atoms with van der Waals surface area (Å²) in [6.07, 6.45) is 2.96. The quantitative estimate of drug-likeness (QED) is 0.716. The minimum atomic E-state index is -0.732. The van der Waals surface area contributed by atoms with Crippen LogP contribution in [0.15, 0.2) is 36.7 Å². The predicted molar refractivity (Wildman–Crippen MR) is 73.4 cm³/mol. The molecule has 6 nitrogen and oxygen atoms in total. The lowest BCUT2D eigenvalue weighted by atomic mass is 10.2. The molecule has 0 saturated heterocycles. The van der Waals surface area contributed by atoms with Crippen molar-refractivity contribution in [2.24, 2.45) is 5.73 Å². The number of hydrogen-bond donors (Lipinski definition) is 2. The van der Waals surface area contributed by atoms with Gasteiger partial charge < -0.3 is 16.2 Å². The number of nitrogens with two attached hydrogens (primary N) is 2. The topological polar surface area (TPSA) is 95.6 Å². The number of primary amides is 1. The number of benzene rings is 1. The van der Waals surface area contributed by atoms with Crippen molar-refractivity contribution in [2.45, 2.75) is 0 Å². The summed E-state index contributed by atoms with van der Waals surface area (Å²) in [7, 11) is 0. The fourth-order valence-corrected chi connectivity index (χ4v) is 1.91. The summed E-state index contributed by atoms with van der Waals surface area (Å²) >= 11 is 0. The van der Waals surface area contributed by atoms with Crippen LogP contribution in [0.5, 0.6) is 11.5 Å². The van der Waals surface area contributed by atoms with Gasteiger partial charge in [-0.15, -0.1) is 0 Å². The molecule has 1 aromatic carbocycles. The van der Waals surface area contributed by atoms with E-state index >= 15 is 0 Å². The van der Waals surface area contributed by atoms with E-state index < -0.39 is 11.7 Å². The molecular formula is C14H10FN4O2. The Balaban J connectivity index is 2.16. The zero-order valence-electron chi connectivity index (χ0n) is 10.7. The van der Waals surface area contributed by atoms with Gasteiger partial charge in [-0.05, 0) is 18.2 Å². The van der Waals surface area contributed by atoms with Crippen LogP contribution in [0.2, 0.25) is 0 Å². The van der Waals surface area contributed by atoms with E-state index in [0.29, 0.717) is 5.52 Å². The van der Waals surface area contributed by atoms with Crippen LogP contribution >= 0.6 is 0 Å². The maximum atomic E-state index is 13.8. The molecule has 7 heteroatoms. The number of carbonyl (C=O) groups excluding carboxylic acids is 1. The molecule has 1 amide bonds. The number of hydrogen-bond acceptors (Lipinski definition) is 4. The van der Waals surface area contributed by atoms with Crippen molar-refractivity contribution in [1.29, 1.82) is 0 Å². The number of rotatable bonds is 3. The maximum Gasteiger partial charge on any atom is 0.253 e. The highest BCUT2D eigenvalue weighted by atomic mass is 19.1. The van der Waals surface area contributed by atoms with E-state index in [0.717, 1.165) is 6.07 Å². The molecule has 3 rings (SSSR count). The van der Waals surface area contributed by atoms with E-state index in [-0.39, 0.29) is 22.7 Å². The summed E-state index contributed by atoms with van der Waals surface area (Å²) in [6, 6.07) is 8.27. The maximum absolute atomic E-state index is 13.8. The monoisotopic (exact) mass is 285 g/mol. The Morgan fingerprint density at radius 1 is 1.38 bits per heavy atom. The molecule has 0 aliphatic carbocycles. The van der Waals surface area contributed by atoms with Crippen molar-refractivity contribution in [2.75, 3.05) is 5.73 Å². The van der Waals surface area contributed by atoms with E-state index in [1.807, 2.05) is 0 Å². The SMILES string of the molecule is NC(=O)c1[c]cn2nccc2c1Oc1ccc(N)cc1F. The predicted octanol–water partition coefficient (Wildman–Crippen LogP) is 1.75. The second kappa shape index (κ2) is 4.78. The standard InChI is InChI=1S/C14H10FN4O2/c15-10-7-8(16)1-2-12(10)21-13-9(14(17)20)4-6-19-11(13)3-5-18-19/h1-3,5-7H,16H2,(H2,17,20). The highest BCUT2D eigenvalue weighted by Crippen LogP contribution is 2.31. The molecule has 0 saturated carbocycles. The number of pyridine rings is 1. The molecule has 4 N–H and O–H groups in total. The first-order valence-electron chi connectivity index (χ1n) is 5.97. The van der Waals surface area contributed by atoms with Gasteiger partial charge in [0.1, 0.15) is 5.52 Å². The Morgan fingerprint density at radius 2 is 2.19 bits per heavy atom. The van der Waals surface area contributed by atoms with Gasteiger partial charge in [-0.2, -0.15) is 5.10 Å². The van der Waals surface area contributed by atoms with E-state index in [1.165, 1.54) is 29.0 Å². The highest BCUT2D eigenvalue weighted by Gasteiger charge is 2.17. The highest BCUT2D eigenvalue weighted by molar-refractivity contribution is 5.97. The number of fused-ring (bicyclic) bond motifs is 1. The Morgan fingerprint density at radius 3 is 2.90 bits per heavy atom. The summed E-state index contributed by atoms with van der Waals surface area (Å²) in [6.45, 7) is 0. The van der Waals surface area contributed by atoms with E-state index in [4.69, 9.17) is 16.2 Å². The largest absolute Gasteiger partial charge is 0.451 e. The molecule has 1 radical (unpaired) electrons. The molecule has 2 aromatic heterocycles. The van der Waals surface area contributed by atoms with Crippen LogP contribution in [0, 0.1) is 11.9 Å². The van der Waals surface area contributed by atoms with Gasteiger partial charge in [0.25, 0.3) is 5.91 Å². The molecule has 105 valence electrons. The molecule has 0 aliphatic rings. The molecule has 0 spiro atoms. The lowest BCUT2D eigenvalue weighted by molar-refractivity contribution is 0.0997. The van der Waals surface area contributed by atoms with Gasteiger partial charge in [0.05, 0.1) is 11.8 Å². The number of aromatic nitrogens is 2. The number of amides is 1. The normalized spacial score (nSPS) is 10.7. The van der Waals surface area contributed by atoms with Gasteiger partial charge in [-0.25, -0.2) is 8.91 Å². The van der Waals surface area contributed by atoms with Gasteiger partial charge in [0.2, 0.25) is 0 Å². The van der Waals surface area contributed by atoms with Gasteiger partial charge in [-0.3, -0.25) is 4.79 Å². The van der Waals surface area contributed by atoms with Crippen molar-refractivity contribution in [1.82, 2.24) is 9.61 Å². The Hall–Kier alpha value is -3.09. The zero-order valence-corrected chi connectivity index (χ0v) is 10.7. The van der Waals surface area contributed by atoms with Crippen molar-refractivity contribution >= 4 is 17.1 Å². The number of carbonyl (C=O) groups is 1. The minimum absolute atomic E-state index is 0.0132. The average Bonchev–Trinajstić information content (AvgIpc) is 2.90. The molecular weight excluding hydrogens is 275 g/mol. The molecule has 0 atom stereocenters. The number of anilines is 1. The van der Waals surface area contributed by atoms with E-state index in [9.17, 15) is 9.18 Å². The van der Waals surface area contributed by atoms with E-state index in [1.54, 1.807) is 6.07 Å².